The van der Waals surface area contributed by atoms with Crippen molar-refractivity contribution in [1.29, 1.82) is 0 Å². The zero-order valence-corrected chi connectivity index (χ0v) is 9.78. The van der Waals surface area contributed by atoms with E-state index in [0.29, 0.717) is 6.42 Å². The number of aliphatic carboxylic acids is 1. The van der Waals surface area contributed by atoms with Crippen LogP contribution in [0.1, 0.15) is 51.9 Å². The molecule has 0 saturated carbocycles. The minimum atomic E-state index is -0.913. The average molecular weight is 228 g/mol. The summed E-state index contributed by atoms with van der Waals surface area (Å²) in [5, 5.41) is 8.91. The summed E-state index contributed by atoms with van der Waals surface area (Å²) < 4.78 is 5.02. The van der Waals surface area contributed by atoms with E-state index in [2.05, 4.69) is 6.92 Å². The van der Waals surface area contributed by atoms with Crippen LogP contribution in [0.25, 0.3) is 0 Å². The van der Waals surface area contributed by atoms with Crippen molar-refractivity contribution in [2.45, 2.75) is 58.0 Å². The van der Waals surface area contributed by atoms with Gasteiger partial charge in [-0.1, -0.05) is 32.6 Å². The maximum Gasteiger partial charge on any atom is 0.310 e. The summed E-state index contributed by atoms with van der Waals surface area (Å²) in [7, 11) is 0. The first kappa shape index (κ1) is 13.0. The Balaban J connectivity index is 2.24. The number of esters is 1. The molecule has 1 fully saturated rings. The van der Waals surface area contributed by atoms with E-state index < -0.39 is 18.0 Å². The second-order valence-electron chi connectivity index (χ2n) is 4.38. The summed E-state index contributed by atoms with van der Waals surface area (Å²) in [5.74, 6) is -1.91. The monoisotopic (exact) mass is 228 g/mol. The molecule has 4 heteroatoms. The molecule has 1 rings (SSSR count). The van der Waals surface area contributed by atoms with Crippen LogP contribution >= 0.6 is 0 Å². The van der Waals surface area contributed by atoms with Crippen LogP contribution < -0.4 is 0 Å². The van der Waals surface area contributed by atoms with Crippen LogP contribution in [0.2, 0.25) is 0 Å². The van der Waals surface area contributed by atoms with Gasteiger partial charge in [0.25, 0.3) is 0 Å². The highest BCUT2D eigenvalue weighted by molar-refractivity contribution is 5.82. The number of hydrogen-bond donors (Lipinski definition) is 1. The number of ether oxygens (including phenoxy) is 1. The molecule has 0 spiro atoms. The first-order valence-electron chi connectivity index (χ1n) is 6.07. The highest BCUT2D eigenvalue weighted by atomic mass is 16.6. The Labute approximate surface area is 96.0 Å². The van der Waals surface area contributed by atoms with Gasteiger partial charge in [0, 0.05) is 0 Å². The summed E-state index contributed by atoms with van der Waals surface area (Å²) in [6.07, 6.45) is 5.95. The van der Waals surface area contributed by atoms with Crippen molar-refractivity contribution < 1.29 is 19.4 Å². The third-order valence-corrected chi connectivity index (χ3v) is 3.03. The van der Waals surface area contributed by atoms with Gasteiger partial charge in [0.1, 0.15) is 12.0 Å². The van der Waals surface area contributed by atoms with Gasteiger partial charge in [-0.05, 0) is 12.8 Å². The summed E-state index contributed by atoms with van der Waals surface area (Å²) in [4.78, 5) is 21.9. The van der Waals surface area contributed by atoms with Gasteiger partial charge >= 0.3 is 11.9 Å². The van der Waals surface area contributed by atoms with Crippen LogP contribution in [0, 0.1) is 5.92 Å². The second-order valence-corrected chi connectivity index (χ2v) is 4.38. The van der Waals surface area contributed by atoms with E-state index >= 15 is 0 Å². The van der Waals surface area contributed by atoms with Crippen LogP contribution in [0.3, 0.4) is 0 Å². The lowest BCUT2D eigenvalue weighted by molar-refractivity contribution is -0.144. The molecule has 0 bridgehead atoms. The Morgan fingerprint density at radius 1 is 1.38 bits per heavy atom. The number of carbonyl (C=O) groups is 2. The molecule has 1 heterocycles. The van der Waals surface area contributed by atoms with Crippen LogP contribution in [0.5, 0.6) is 0 Å². The topological polar surface area (TPSA) is 63.6 Å². The van der Waals surface area contributed by atoms with E-state index in [9.17, 15) is 9.59 Å². The number of carbonyl (C=O) groups excluding carboxylic acids is 1. The molecule has 0 aromatic carbocycles. The lowest BCUT2D eigenvalue weighted by Gasteiger charge is -2.13. The Morgan fingerprint density at radius 2 is 2.06 bits per heavy atom. The zero-order chi connectivity index (χ0) is 12.0. The van der Waals surface area contributed by atoms with Crippen molar-refractivity contribution in [3.05, 3.63) is 0 Å². The number of rotatable bonds is 7. The molecule has 1 saturated heterocycles. The molecule has 2 unspecified atom stereocenters. The van der Waals surface area contributed by atoms with Gasteiger partial charge in [0.05, 0.1) is 6.42 Å². The van der Waals surface area contributed by atoms with Gasteiger partial charge < -0.3 is 9.84 Å². The first-order valence-corrected chi connectivity index (χ1v) is 6.07. The Bertz CT molecular complexity index is 249. The van der Waals surface area contributed by atoms with Crippen molar-refractivity contribution in [2.24, 2.45) is 5.92 Å². The van der Waals surface area contributed by atoms with E-state index in [4.69, 9.17) is 9.84 Å². The fraction of sp³-hybridized carbons (Fsp3) is 0.833. The highest BCUT2D eigenvalue weighted by Crippen LogP contribution is 2.26. The Hall–Kier alpha value is -1.06. The van der Waals surface area contributed by atoms with Crippen molar-refractivity contribution in [3.63, 3.8) is 0 Å². The number of cyclic esters (lactones) is 1. The molecular formula is C12H20O4. The summed E-state index contributed by atoms with van der Waals surface area (Å²) in [6, 6.07) is 0. The van der Waals surface area contributed by atoms with Crippen LogP contribution in [0.15, 0.2) is 0 Å². The predicted molar refractivity (Wildman–Crippen MR) is 59.0 cm³/mol. The van der Waals surface area contributed by atoms with Gasteiger partial charge in [0.2, 0.25) is 0 Å². The minimum absolute atomic E-state index is 0.0367. The molecule has 2 atom stereocenters. The van der Waals surface area contributed by atoms with Gasteiger partial charge in [-0.15, -0.1) is 0 Å². The lowest BCUT2D eigenvalue weighted by atomic mass is 9.96. The summed E-state index contributed by atoms with van der Waals surface area (Å²) >= 11 is 0. The summed E-state index contributed by atoms with van der Waals surface area (Å²) in [5.41, 5.74) is 0. The third kappa shape index (κ3) is 3.83. The quantitative estimate of drug-likeness (QED) is 0.536. The van der Waals surface area contributed by atoms with Crippen LogP contribution in [0.4, 0.5) is 0 Å². The number of unbranched alkanes of at least 4 members (excludes halogenated alkanes) is 4. The molecule has 92 valence electrons. The van der Waals surface area contributed by atoms with Crippen molar-refractivity contribution >= 4 is 11.9 Å². The maximum atomic E-state index is 11.0. The lowest BCUT2D eigenvalue weighted by Crippen LogP contribution is -2.23. The molecule has 4 nitrogen and oxygen atoms in total. The number of hydrogen-bond acceptors (Lipinski definition) is 3. The molecule has 0 aromatic heterocycles. The standard InChI is InChI=1S/C12H20O4/c1-2-3-4-5-6-7-10-9(12(14)15)8-11(13)16-10/h9-10H,2-8H2,1H3,(H,14,15). The van der Waals surface area contributed by atoms with Crippen LogP contribution in [-0.2, 0) is 14.3 Å². The fourth-order valence-electron chi connectivity index (χ4n) is 2.07. The largest absolute Gasteiger partial charge is 0.481 e. The number of carboxylic acids is 1. The molecule has 0 radical (unpaired) electrons. The van der Waals surface area contributed by atoms with E-state index in [-0.39, 0.29) is 12.4 Å². The first-order chi connectivity index (χ1) is 7.65. The van der Waals surface area contributed by atoms with Crippen molar-refractivity contribution in [2.75, 3.05) is 0 Å². The molecule has 1 N–H and O–H groups in total. The van der Waals surface area contributed by atoms with Crippen molar-refractivity contribution in [3.8, 4) is 0 Å². The smallest absolute Gasteiger partial charge is 0.310 e. The molecule has 1 aliphatic heterocycles. The average Bonchev–Trinajstić information content (AvgIpc) is 2.59. The second kappa shape index (κ2) is 6.51. The molecule has 16 heavy (non-hydrogen) atoms. The molecule has 0 aliphatic carbocycles. The molecule has 1 aliphatic rings. The van der Waals surface area contributed by atoms with E-state index in [0.717, 1.165) is 12.8 Å². The molecular weight excluding hydrogens is 208 g/mol. The molecule has 0 amide bonds. The van der Waals surface area contributed by atoms with Gasteiger partial charge in [-0.2, -0.15) is 0 Å². The van der Waals surface area contributed by atoms with E-state index in [1.165, 1.54) is 19.3 Å². The summed E-state index contributed by atoms with van der Waals surface area (Å²) in [6.45, 7) is 2.15. The van der Waals surface area contributed by atoms with Crippen LogP contribution in [-0.4, -0.2) is 23.1 Å². The third-order valence-electron chi connectivity index (χ3n) is 3.03. The SMILES string of the molecule is CCCCCCCC1OC(=O)CC1C(=O)O. The zero-order valence-electron chi connectivity index (χ0n) is 9.78. The van der Waals surface area contributed by atoms with Crippen molar-refractivity contribution in [1.82, 2.24) is 0 Å². The van der Waals surface area contributed by atoms with Gasteiger partial charge in [-0.3, -0.25) is 9.59 Å². The normalized spacial score (nSPS) is 24.4. The number of carboxylic acid groups (broad SMARTS) is 1. The van der Waals surface area contributed by atoms with E-state index in [1.54, 1.807) is 0 Å². The molecule has 0 aromatic rings. The van der Waals surface area contributed by atoms with Gasteiger partial charge in [-0.25, -0.2) is 0 Å². The fourth-order valence-corrected chi connectivity index (χ4v) is 2.07. The maximum absolute atomic E-state index is 11.0. The minimum Gasteiger partial charge on any atom is -0.481 e. The Kier molecular flexibility index (Phi) is 5.29. The Morgan fingerprint density at radius 3 is 2.69 bits per heavy atom. The predicted octanol–water partition coefficient (Wildman–Crippen LogP) is 2.36. The van der Waals surface area contributed by atoms with E-state index in [1.807, 2.05) is 0 Å². The highest BCUT2D eigenvalue weighted by Gasteiger charge is 2.39. The van der Waals surface area contributed by atoms with Gasteiger partial charge in [0.15, 0.2) is 0 Å².